The van der Waals surface area contributed by atoms with Gasteiger partial charge in [-0.1, -0.05) is 72.9 Å². The summed E-state index contributed by atoms with van der Waals surface area (Å²) in [5, 5.41) is 0. The molecule has 56 heavy (non-hydrogen) atoms. The molecule has 0 unspecified atom stereocenters. The molecule has 2 aliphatic heterocycles. The number of benzene rings is 4. The van der Waals surface area contributed by atoms with Crippen molar-refractivity contribution in [1.82, 2.24) is 14.7 Å². The van der Waals surface area contributed by atoms with Gasteiger partial charge in [-0.2, -0.15) is 16.8 Å². The fraction of sp³-hybridized carbons (Fsp3) is 0.419. The molecule has 0 radical (unpaired) electrons. The maximum absolute atomic E-state index is 15.2. The molecule has 1 aliphatic carbocycles. The Kier molecular flexibility index (Phi) is 11.5. The van der Waals surface area contributed by atoms with Crippen LogP contribution in [-0.4, -0.2) is 86.4 Å². The van der Waals surface area contributed by atoms with Crippen LogP contribution >= 0.6 is 0 Å². The molecule has 4 aromatic rings. The molecule has 3 aliphatic rings. The van der Waals surface area contributed by atoms with Crippen molar-refractivity contribution in [1.29, 1.82) is 0 Å². The monoisotopic (exact) mass is 801 g/mol. The van der Waals surface area contributed by atoms with E-state index in [1.165, 1.54) is 17.7 Å². The molecule has 11 nitrogen and oxygen atoms in total. The average Bonchev–Trinajstić information content (AvgIpc) is 3.58. The minimum Gasteiger partial charge on any atom is -0.492 e. The third kappa shape index (κ3) is 8.58. The fourth-order valence-corrected chi connectivity index (χ4v) is 9.84. The fourth-order valence-electron chi connectivity index (χ4n) is 8.47. The molecule has 2 heterocycles. The van der Waals surface area contributed by atoms with Crippen molar-refractivity contribution in [2.45, 2.75) is 82.3 Å². The number of aryl methyl sites for hydroxylation is 2. The first-order chi connectivity index (χ1) is 26.6. The predicted octanol–water partition coefficient (Wildman–Crippen LogP) is 7.30. The van der Waals surface area contributed by atoms with Crippen molar-refractivity contribution in [3.63, 3.8) is 0 Å². The van der Waals surface area contributed by atoms with E-state index in [4.69, 9.17) is 4.74 Å². The highest BCUT2D eigenvalue weighted by Gasteiger charge is 2.34. The van der Waals surface area contributed by atoms with Gasteiger partial charge in [-0.15, -0.1) is 0 Å². The SMILES string of the molecule is Cc1ccc(S(=O)(=O)O)c(-c2cc(-c3cc(C)ccc3S(=O)(=O)O)c(C(=O)N3Cc4ccc(CN5CCN(C)CC5)cc4C3)c(OCC3CCCCC3)c2C)c1. The van der Waals surface area contributed by atoms with E-state index in [9.17, 15) is 25.9 Å². The number of likely N-dealkylation sites (N-methyl/N-ethyl adjacent to an activating group) is 1. The molecule has 1 amide bonds. The van der Waals surface area contributed by atoms with Gasteiger partial charge >= 0.3 is 0 Å². The summed E-state index contributed by atoms with van der Waals surface area (Å²) in [6.07, 6.45) is 5.19. The molecule has 7 rings (SSSR count). The van der Waals surface area contributed by atoms with Gasteiger partial charge < -0.3 is 14.5 Å². The lowest BCUT2D eigenvalue weighted by Crippen LogP contribution is -2.43. The lowest BCUT2D eigenvalue weighted by atomic mass is 9.88. The van der Waals surface area contributed by atoms with Gasteiger partial charge in [0.05, 0.1) is 12.2 Å². The molecule has 298 valence electrons. The second-order valence-electron chi connectivity index (χ2n) is 15.9. The molecule has 1 saturated carbocycles. The summed E-state index contributed by atoms with van der Waals surface area (Å²) in [6.45, 7) is 11.1. The van der Waals surface area contributed by atoms with E-state index < -0.39 is 25.1 Å². The number of carbonyl (C=O) groups excluding carboxylic acids is 1. The topological polar surface area (TPSA) is 145 Å². The molecule has 0 spiro atoms. The zero-order chi connectivity index (χ0) is 39.9. The van der Waals surface area contributed by atoms with Crippen LogP contribution in [0.15, 0.2) is 70.5 Å². The normalized spacial score (nSPS) is 17.3. The quantitative estimate of drug-likeness (QED) is 0.157. The van der Waals surface area contributed by atoms with Crippen LogP contribution < -0.4 is 4.74 Å². The summed E-state index contributed by atoms with van der Waals surface area (Å²) in [6, 6.07) is 17.0. The third-order valence-corrected chi connectivity index (χ3v) is 13.4. The molecule has 2 fully saturated rings. The van der Waals surface area contributed by atoms with Crippen molar-refractivity contribution in [3.05, 3.63) is 99.6 Å². The Morgan fingerprint density at radius 2 is 1.30 bits per heavy atom. The molecular weight excluding hydrogens is 751 g/mol. The Morgan fingerprint density at radius 3 is 1.91 bits per heavy atom. The molecule has 4 aromatic carbocycles. The lowest BCUT2D eigenvalue weighted by molar-refractivity contribution is 0.0745. The van der Waals surface area contributed by atoms with Gasteiger partial charge in [0.1, 0.15) is 15.5 Å². The zero-order valence-electron chi connectivity index (χ0n) is 32.5. The van der Waals surface area contributed by atoms with Crippen LogP contribution in [0.4, 0.5) is 0 Å². The second-order valence-corrected chi connectivity index (χ2v) is 18.7. The molecular formula is C43H51N3O8S2. The van der Waals surface area contributed by atoms with Crippen LogP contribution in [0.5, 0.6) is 5.75 Å². The smallest absolute Gasteiger partial charge is 0.295 e. The van der Waals surface area contributed by atoms with Gasteiger partial charge in [0.2, 0.25) is 0 Å². The van der Waals surface area contributed by atoms with Crippen molar-refractivity contribution in [3.8, 4) is 28.0 Å². The minimum atomic E-state index is -4.80. The first-order valence-corrected chi connectivity index (χ1v) is 22.2. The standard InChI is InChI=1S/C43H51N3O8S2/c1-28-10-14-39(55(48,49)50)36(20-28)35-23-38(37-21-29(2)11-15-40(37)56(51,52)53)41(42(30(35)3)54-27-31-8-6-5-7-9-31)43(47)46-25-33-13-12-32(22-34(33)26-46)24-45-18-16-44(4)17-19-45/h10-15,20-23,31H,5-9,16-19,24-27H2,1-4H3,(H,48,49,50)(H,51,52,53). The second kappa shape index (κ2) is 16.0. The van der Waals surface area contributed by atoms with Crippen LogP contribution in [0.2, 0.25) is 0 Å². The summed E-state index contributed by atoms with van der Waals surface area (Å²) in [4.78, 5) is 21.0. The van der Waals surface area contributed by atoms with E-state index in [-0.39, 0.29) is 44.7 Å². The highest BCUT2D eigenvalue weighted by Crippen LogP contribution is 2.45. The summed E-state index contributed by atoms with van der Waals surface area (Å²) in [5.74, 6) is 0.0604. The Bertz CT molecular complexity index is 2380. The predicted molar refractivity (Wildman–Crippen MR) is 216 cm³/mol. The third-order valence-electron chi connectivity index (χ3n) is 11.6. The van der Waals surface area contributed by atoms with E-state index in [1.54, 1.807) is 56.0 Å². The molecule has 1 saturated heterocycles. The largest absolute Gasteiger partial charge is 0.492 e. The van der Waals surface area contributed by atoms with Gasteiger partial charge in [-0.25, -0.2) is 0 Å². The van der Waals surface area contributed by atoms with Crippen LogP contribution in [0.1, 0.15) is 75.8 Å². The van der Waals surface area contributed by atoms with E-state index >= 15 is 4.79 Å². The van der Waals surface area contributed by atoms with Crippen molar-refractivity contribution in [2.75, 3.05) is 39.8 Å². The van der Waals surface area contributed by atoms with Gasteiger partial charge in [-0.05, 0) is 92.6 Å². The maximum atomic E-state index is 15.2. The van der Waals surface area contributed by atoms with Gasteiger partial charge in [-0.3, -0.25) is 18.8 Å². The van der Waals surface area contributed by atoms with Gasteiger partial charge in [0.25, 0.3) is 26.1 Å². The van der Waals surface area contributed by atoms with Crippen LogP contribution in [0.3, 0.4) is 0 Å². The highest BCUT2D eigenvalue weighted by molar-refractivity contribution is 7.86. The lowest BCUT2D eigenvalue weighted by Gasteiger charge is -2.32. The number of piperazine rings is 1. The molecule has 13 heteroatoms. The number of hydrogen-bond donors (Lipinski definition) is 2. The summed E-state index contributed by atoms with van der Waals surface area (Å²) in [5.41, 5.74) is 5.98. The van der Waals surface area contributed by atoms with E-state index in [0.29, 0.717) is 42.0 Å². The molecule has 2 N–H and O–H groups in total. The number of nitrogens with zero attached hydrogens (tertiary/aromatic N) is 3. The minimum absolute atomic E-state index is 0.0758. The number of fused-ring (bicyclic) bond motifs is 1. The Balaban J connectivity index is 1.40. The summed E-state index contributed by atoms with van der Waals surface area (Å²) >= 11 is 0. The zero-order valence-corrected chi connectivity index (χ0v) is 34.2. The summed E-state index contributed by atoms with van der Waals surface area (Å²) < 4.78 is 79.3. The Labute approximate surface area is 330 Å². The van der Waals surface area contributed by atoms with Crippen LogP contribution in [-0.2, 0) is 39.9 Å². The number of hydrogen-bond acceptors (Lipinski definition) is 8. The molecule has 0 bridgehead atoms. The Hall–Kier alpha value is -4.11. The van der Waals surface area contributed by atoms with Crippen molar-refractivity contribution < 1.29 is 35.5 Å². The van der Waals surface area contributed by atoms with Crippen molar-refractivity contribution in [2.24, 2.45) is 5.92 Å². The van der Waals surface area contributed by atoms with Gasteiger partial charge in [0, 0.05) is 62.5 Å². The van der Waals surface area contributed by atoms with Gasteiger partial charge in [0.15, 0.2) is 0 Å². The number of amides is 1. The molecule has 0 aromatic heterocycles. The first kappa shape index (κ1) is 40.1. The summed E-state index contributed by atoms with van der Waals surface area (Å²) in [7, 11) is -7.38. The van der Waals surface area contributed by atoms with E-state index in [0.717, 1.165) is 76.0 Å². The first-order valence-electron chi connectivity index (χ1n) is 19.3. The number of rotatable bonds is 10. The number of ether oxygens (including phenoxy) is 1. The average molecular weight is 802 g/mol. The highest BCUT2D eigenvalue weighted by atomic mass is 32.2. The van der Waals surface area contributed by atoms with Crippen LogP contribution in [0.25, 0.3) is 22.3 Å². The van der Waals surface area contributed by atoms with E-state index in [2.05, 4.69) is 35.0 Å². The van der Waals surface area contributed by atoms with Crippen molar-refractivity contribution >= 4 is 26.1 Å². The molecule has 0 atom stereocenters. The van der Waals surface area contributed by atoms with Crippen LogP contribution in [0, 0.1) is 26.7 Å². The maximum Gasteiger partial charge on any atom is 0.295 e. The number of carbonyl (C=O) groups is 1. The Morgan fingerprint density at radius 1 is 0.714 bits per heavy atom. The van der Waals surface area contributed by atoms with E-state index in [1.807, 2.05) is 0 Å².